The normalized spacial score (nSPS) is 11.0. The Morgan fingerprint density at radius 2 is 1.89 bits per heavy atom. The van der Waals surface area contributed by atoms with Crippen LogP contribution in [0.3, 0.4) is 0 Å². The molecule has 0 bridgehead atoms. The van der Waals surface area contributed by atoms with Gasteiger partial charge in [-0.15, -0.1) is 5.10 Å². The van der Waals surface area contributed by atoms with Gasteiger partial charge in [0.2, 0.25) is 0 Å². The summed E-state index contributed by atoms with van der Waals surface area (Å²) in [6.07, 6.45) is 7.64. The minimum Gasteiger partial charge on any atom is -0.459 e. The van der Waals surface area contributed by atoms with Crippen molar-refractivity contribution in [3.05, 3.63) is 36.0 Å². The number of carbonyl (C=O) groups is 1. The Kier molecular flexibility index (Phi) is 7.60. The fraction of sp³-hybridized carbons (Fsp3) is 0.500. The van der Waals surface area contributed by atoms with E-state index < -0.39 is 5.60 Å². The Morgan fingerprint density at radius 3 is 2.56 bits per heavy atom. The van der Waals surface area contributed by atoms with Gasteiger partial charge in [-0.25, -0.2) is 4.68 Å². The molecule has 0 saturated heterocycles. The van der Waals surface area contributed by atoms with Crippen molar-refractivity contribution >= 4 is 5.97 Å². The number of aromatic nitrogens is 3. The van der Waals surface area contributed by atoms with Crippen molar-refractivity contribution in [3.8, 4) is 23.1 Å². The quantitative estimate of drug-likeness (QED) is 0.407. The molecule has 0 fully saturated rings. The maximum absolute atomic E-state index is 11.9. The average Bonchev–Trinajstić information content (AvgIpc) is 3.05. The van der Waals surface area contributed by atoms with E-state index >= 15 is 0 Å². The Labute approximate surface area is 162 Å². The van der Waals surface area contributed by atoms with Crippen LogP contribution in [0.1, 0.15) is 65.4 Å². The van der Waals surface area contributed by atoms with Gasteiger partial charge in [0, 0.05) is 17.5 Å². The summed E-state index contributed by atoms with van der Waals surface area (Å²) in [5.41, 5.74) is 2.15. The first-order chi connectivity index (χ1) is 12.9. The second kappa shape index (κ2) is 9.91. The number of carbonyl (C=O) groups excluding carboxylic acids is 1. The molecule has 5 heteroatoms. The summed E-state index contributed by atoms with van der Waals surface area (Å²) >= 11 is 0. The van der Waals surface area contributed by atoms with Crippen molar-refractivity contribution in [2.24, 2.45) is 0 Å². The van der Waals surface area contributed by atoms with E-state index in [9.17, 15) is 4.79 Å². The van der Waals surface area contributed by atoms with Gasteiger partial charge in [-0.2, -0.15) is 0 Å². The smallest absolute Gasteiger partial charge is 0.328 e. The molecule has 0 atom stereocenters. The van der Waals surface area contributed by atoms with Gasteiger partial charge in [-0.3, -0.25) is 4.79 Å². The molecule has 0 aliphatic rings. The third kappa shape index (κ3) is 7.65. The summed E-state index contributed by atoms with van der Waals surface area (Å²) in [5.74, 6) is 6.10. The fourth-order valence-electron chi connectivity index (χ4n) is 2.54. The number of rotatable bonds is 7. The van der Waals surface area contributed by atoms with E-state index in [1.165, 1.54) is 30.4 Å². The van der Waals surface area contributed by atoms with Crippen molar-refractivity contribution < 1.29 is 9.53 Å². The van der Waals surface area contributed by atoms with E-state index in [1.54, 1.807) is 6.20 Å². The highest BCUT2D eigenvalue weighted by molar-refractivity contribution is 5.69. The lowest BCUT2D eigenvalue weighted by Gasteiger charge is -2.19. The van der Waals surface area contributed by atoms with Crippen LogP contribution in [0, 0.1) is 11.8 Å². The van der Waals surface area contributed by atoms with Crippen molar-refractivity contribution in [3.63, 3.8) is 0 Å². The fourth-order valence-corrected chi connectivity index (χ4v) is 2.54. The van der Waals surface area contributed by atoms with Crippen molar-refractivity contribution in [2.45, 2.75) is 71.9 Å². The number of benzene rings is 1. The predicted molar refractivity (Wildman–Crippen MR) is 107 cm³/mol. The minimum atomic E-state index is -0.507. The van der Waals surface area contributed by atoms with Gasteiger partial charge < -0.3 is 4.74 Å². The first-order valence-corrected chi connectivity index (χ1v) is 9.58. The summed E-state index contributed by atoms with van der Waals surface area (Å²) in [6.45, 7) is 7.78. The molecule has 0 aliphatic carbocycles. The second-order valence-electron chi connectivity index (χ2n) is 7.58. The van der Waals surface area contributed by atoms with E-state index in [0.29, 0.717) is 0 Å². The highest BCUT2D eigenvalue weighted by Gasteiger charge is 2.17. The number of hydrogen-bond acceptors (Lipinski definition) is 4. The van der Waals surface area contributed by atoms with Gasteiger partial charge in [-0.1, -0.05) is 55.4 Å². The zero-order chi connectivity index (χ0) is 19.7. The number of ether oxygens (including phenoxy) is 1. The van der Waals surface area contributed by atoms with Gasteiger partial charge in [0.15, 0.2) is 0 Å². The molecule has 0 N–H and O–H groups in total. The van der Waals surface area contributed by atoms with Crippen LogP contribution < -0.4 is 0 Å². The van der Waals surface area contributed by atoms with Gasteiger partial charge in [0.1, 0.15) is 17.8 Å². The van der Waals surface area contributed by atoms with Crippen LogP contribution in [0.5, 0.6) is 0 Å². The Hall–Kier alpha value is -2.61. The van der Waals surface area contributed by atoms with E-state index in [2.05, 4.69) is 29.1 Å². The predicted octanol–water partition coefficient (Wildman–Crippen LogP) is 4.61. The molecule has 2 rings (SSSR count). The molecule has 0 amide bonds. The zero-order valence-electron chi connectivity index (χ0n) is 16.8. The number of esters is 1. The van der Waals surface area contributed by atoms with Crippen LogP contribution in [0.25, 0.3) is 11.3 Å². The average molecular weight is 367 g/mol. The van der Waals surface area contributed by atoms with Gasteiger partial charge in [-0.05, 0) is 39.3 Å². The third-order valence-electron chi connectivity index (χ3n) is 3.82. The topological polar surface area (TPSA) is 57.0 Å². The maximum Gasteiger partial charge on any atom is 0.328 e. The Bertz CT molecular complexity index is 789. The van der Waals surface area contributed by atoms with E-state index in [0.717, 1.165) is 23.2 Å². The summed E-state index contributed by atoms with van der Waals surface area (Å²) in [7, 11) is 0. The largest absolute Gasteiger partial charge is 0.459 e. The molecule has 0 unspecified atom stereocenters. The molecule has 1 aromatic heterocycles. The first-order valence-electron chi connectivity index (χ1n) is 9.58. The molecule has 0 aliphatic heterocycles. The lowest BCUT2D eigenvalue weighted by atomic mass is 10.1. The maximum atomic E-state index is 11.9. The molecule has 0 radical (unpaired) electrons. The van der Waals surface area contributed by atoms with Crippen LogP contribution in [0.15, 0.2) is 30.5 Å². The number of hydrogen-bond donors (Lipinski definition) is 0. The molecule has 1 aromatic carbocycles. The first kappa shape index (κ1) is 20.7. The molecule has 0 spiro atoms. The monoisotopic (exact) mass is 367 g/mol. The SMILES string of the molecule is CCCCCCC#Cc1ccc(-c2cn(CC(=O)OC(C)(C)C)nn2)cc1. The lowest BCUT2D eigenvalue weighted by molar-refractivity contribution is -0.155. The third-order valence-corrected chi connectivity index (χ3v) is 3.82. The summed E-state index contributed by atoms with van der Waals surface area (Å²) in [4.78, 5) is 11.9. The van der Waals surface area contributed by atoms with Crippen LogP contribution in [-0.2, 0) is 16.1 Å². The molecule has 1 heterocycles. The molecule has 0 saturated carbocycles. The molecular formula is C22H29N3O2. The zero-order valence-corrected chi connectivity index (χ0v) is 16.8. The summed E-state index contributed by atoms with van der Waals surface area (Å²) < 4.78 is 6.79. The summed E-state index contributed by atoms with van der Waals surface area (Å²) in [6, 6.07) is 7.92. The second-order valence-corrected chi connectivity index (χ2v) is 7.58. The molecule has 27 heavy (non-hydrogen) atoms. The standard InChI is InChI=1S/C22H29N3O2/c1-5-6-7-8-9-10-11-18-12-14-19(15-13-18)20-16-25(24-23-20)17-21(26)27-22(2,3)4/h12-16H,5-9,17H2,1-4H3. The van der Waals surface area contributed by atoms with Crippen LogP contribution in [0.4, 0.5) is 0 Å². The van der Waals surface area contributed by atoms with Gasteiger partial charge in [0.05, 0.1) is 6.20 Å². The van der Waals surface area contributed by atoms with E-state index in [1.807, 2.05) is 45.0 Å². The number of unbranched alkanes of at least 4 members (excludes halogenated alkanes) is 4. The van der Waals surface area contributed by atoms with Crippen LogP contribution in [0.2, 0.25) is 0 Å². The highest BCUT2D eigenvalue weighted by Crippen LogP contribution is 2.17. The van der Waals surface area contributed by atoms with Gasteiger partial charge >= 0.3 is 5.97 Å². The van der Waals surface area contributed by atoms with Gasteiger partial charge in [0.25, 0.3) is 0 Å². The molecule has 144 valence electrons. The minimum absolute atomic E-state index is 0.0475. The van der Waals surface area contributed by atoms with E-state index in [4.69, 9.17) is 4.74 Å². The van der Waals surface area contributed by atoms with Crippen molar-refractivity contribution in [2.75, 3.05) is 0 Å². The molecule has 5 nitrogen and oxygen atoms in total. The lowest BCUT2D eigenvalue weighted by Crippen LogP contribution is -2.26. The molecule has 2 aromatic rings. The molecular weight excluding hydrogens is 338 g/mol. The highest BCUT2D eigenvalue weighted by atomic mass is 16.6. The van der Waals surface area contributed by atoms with Crippen LogP contribution in [-0.4, -0.2) is 26.6 Å². The number of nitrogens with zero attached hydrogens (tertiary/aromatic N) is 3. The Balaban J connectivity index is 1.91. The van der Waals surface area contributed by atoms with E-state index in [-0.39, 0.29) is 12.5 Å². The Morgan fingerprint density at radius 1 is 1.15 bits per heavy atom. The van der Waals surface area contributed by atoms with Crippen LogP contribution >= 0.6 is 0 Å². The van der Waals surface area contributed by atoms with Crippen molar-refractivity contribution in [1.29, 1.82) is 0 Å². The van der Waals surface area contributed by atoms with Crippen molar-refractivity contribution in [1.82, 2.24) is 15.0 Å². The summed E-state index contributed by atoms with van der Waals surface area (Å²) in [5, 5.41) is 8.15.